The predicted octanol–water partition coefficient (Wildman–Crippen LogP) is 3.18. The molecule has 2 N–H and O–H groups in total. The van der Waals surface area contributed by atoms with Crippen LogP contribution in [0.2, 0.25) is 0 Å². The average Bonchev–Trinajstić information content (AvgIpc) is 2.45. The number of benzene rings is 1. The minimum atomic E-state index is -0.227. The summed E-state index contributed by atoms with van der Waals surface area (Å²) in [6.07, 6.45) is 3.16. The summed E-state index contributed by atoms with van der Waals surface area (Å²) in [5.41, 5.74) is 6.85. The van der Waals surface area contributed by atoms with Crippen molar-refractivity contribution in [2.75, 3.05) is 24.6 Å². The SMILES string of the molecule is CCC(C)COc1ccc(F)cc1N1CCCC(N)C1. The van der Waals surface area contributed by atoms with Crippen molar-refractivity contribution in [1.29, 1.82) is 0 Å². The molecule has 0 amide bonds. The maximum absolute atomic E-state index is 13.6. The Balaban J connectivity index is 2.14. The molecule has 0 spiro atoms. The van der Waals surface area contributed by atoms with Crippen LogP contribution in [0, 0.1) is 11.7 Å². The zero-order valence-electron chi connectivity index (χ0n) is 12.4. The zero-order chi connectivity index (χ0) is 14.5. The number of nitrogens with zero attached hydrogens (tertiary/aromatic N) is 1. The molecule has 20 heavy (non-hydrogen) atoms. The second-order valence-electron chi connectivity index (χ2n) is 5.78. The van der Waals surface area contributed by atoms with E-state index >= 15 is 0 Å². The Morgan fingerprint density at radius 2 is 2.30 bits per heavy atom. The summed E-state index contributed by atoms with van der Waals surface area (Å²) in [5.74, 6) is 1.03. The van der Waals surface area contributed by atoms with Gasteiger partial charge in [0.15, 0.2) is 0 Å². The number of piperidine rings is 1. The van der Waals surface area contributed by atoms with Crippen LogP contribution >= 0.6 is 0 Å². The lowest BCUT2D eigenvalue weighted by Gasteiger charge is -2.33. The number of anilines is 1. The van der Waals surface area contributed by atoms with Gasteiger partial charge in [-0.3, -0.25) is 0 Å². The van der Waals surface area contributed by atoms with Crippen LogP contribution < -0.4 is 15.4 Å². The van der Waals surface area contributed by atoms with Crippen molar-refractivity contribution < 1.29 is 9.13 Å². The molecule has 0 radical (unpaired) electrons. The van der Waals surface area contributed by atoms with E-state index in [0.717, 1.165) is 43.8 Å². The standard InChI is InChI=1S/C16H25FN2O/c1-3-12(2)11-20-16-7-6-13(17)9-15(16)19-8-4-5-14(18)10-19/h6-7,9,12,14H,3-5,8,10-11,18H2,1-2H3. The smallest absolute Gasteiger partial charge is 0.142 e. The molecule has 2 rings (SSSR count). The maximum atomic E-state index is 13.6. The topological polar surface area (TPSA) is 38.5 Å². The second kappa shape index (κ2) is 6.93. The first kappa shape index (κ1) is 15.1. The van der Waals surface area contributed by atoms with Crippen molar-refractivity contribution in [1.82, 2.24) is 0 Å². The monoisotopic (exact) mass is 280 g/mol. The number of nitrogens with two attached hydrogens (primary N) is 1. The van der Waals surface area contributed by atoms with Crippen molar-refractivity contribution in [2.24, 2.45) is 11.7 Å². The van der Waals surface area contributed by atoms with Crippen molar-refractivity contribution in [3.63, 3.8) is 0 Å². The zero-order valence-corrected chi connectivity index (χ0v) is 12.4. The molecule has 1 aromatic carbocycles. The Bertz CT molecular complexity index is 438. The molecule has 1 fully saturated rings. The summed E-state index contributed by atoms with van der Waals surface area (Å²) in [6, 6.07) is 4.91. The largest absolute Gasteiger partial charge is 0.491 e. The van der Waals surface area contributed by atoms with Crippen molar-refractivity contribution >= 4 is 5.69 Å². The molecule has 112 valence electrons. The van der Waals surface area contributed by atoms with E-state index in [1.807, 2.05) is 0 Å². The Kier molecular flexibility index (Phi) is 5.24. The van der Waals surface area contributed by atoms with Crippen LogP contribution in [0.3, 0.4) is 0 Å². The van der Waals surface area contributed by atoms with Gasteiger partial charge in [0.05, 0.1) is 12.3 Å². The quantitative estimate of drug-likeness (QED) is 0.900. The van der Waals surface area contributed by atoms with Crippen LogP contribution in [0.1, 0.15) is 33.1 Å². The minimum Gasteiger partial charge on any atom is -0.491 e. The molecular weight excluding hydrogens is 255 g/mol. The Morgan fingerprint density at radius 1 is 1.50 bits per heavy atom. The molecule has 1 aliphatic heterocycles. The van der Waals surface area contributed by atoms with Crippen LogP contribution in [-0.4, -0.2) is 25.7 Å². The van der Waals surface area contributed by atoms with Crippen molar-refractivity contribution in [3.8, 4) is 5.75 Å². The van der Waals surface area contributed by atoms with Gasteiger partial charge in [0.2, 0.25) is 0 Å². The Labute approximate surface area is 120 Å². The normalized spacial score (nSPS) is 20.8. The molecular formula is C16H25FN2O. The van der Waals surface area contributed by atoms with Gasteiger partial charge in [-0.15, -0.1) is 0 Å². The van der Waals surface area contributed by atoms with Gasteiger partial charge in [-0.05, 0) is 30.9 Å². The third-order valence-corrected chi connectivity index (χ3v) is 3.94. The number of rotatable bonds is 5. The summed E-state index contributed by atoms with van der Waals surface area (Å²) in [6.45, 7) is 6.64. The Morgan fingerprint density at radius 3 is 3.00 bits per heavy atom. The first-order valence-corrected chi connectivity index (χ1v) is 7.53. The Hall–Kier alpha value is -1.29. The summed E-state index contributed by atoms with van der Waals surface area (Å²) in [7, 11) is 0. The fraction of sp³-hybridized carbons (Fsp3) is 0.625. The van der Waals surface area contributed by atoms with E-state index in [4.69, 9.17) is 10.5 Å². The van der Waals surface area contributed by atoms with Crippen LogP contribution in [-0.2, 0) is 0 Å². The van der Waals surface area contributed by atoms with E-state index in [1.165, 1.54) is 6.07 Å². The van der Waals surface area contributed by atoms with Crippen molar-refractivity contribution in [3.05, 3.63) is 24.0 Å². The molecule has 3 nitrogen and oxygen atoms in total. The molecule has 1 heterocycles. The van der Waals surface area contributed by atoms with E-state index in [0.29, 0.717) is 12.5 Å². The highest BCUT2D eigenvalue weighted by Crippen LogP contribution is 2.31. The van der Waals surface area contributed by atoms with Gasteiger partial charge in [-0.2, -0.15) is 0 Å². The van der Waals surface area contributed by atoms with Gasteiger partial charge in [0.25, 0.3) is 0 Å². The predicted molar refractivity (Wildman–Crippen MR) is 80.8 cm³/mol. The summed E-state index contributed by atoms with van der Waals surface area (Å²) in [4.78, 5) is 2.14. The summed E-state index contributed by atoms with van der Waals surface area (Å²) >= 11 is 0. The molecule has 2 atom stereocenters. The van der Waals surface area contributed by atoms with Gasteiger partial charge >= 0.3 is 0 Å². The van der Waals surface area contributed by atoms with Gasteiger partial charge in [-0.1, -0.05) is 20.3 Å². The van der Waals surface area contributed by atoms with Crippen LogP contribution in [0.15, 0.2) is 18.2 Å². The second-order valence-corrected chi connectivity index (χ2v) is 5.78. The highest BCUT2D eigenvalue weighted by Gasteiger charge is 2.20. The molecule has 4 heteroatoms. The van der Waals surface area contributed by atoms with Crippen LogP contribution in [0.5, 0.6) is 5.75 Å². The van der Waals surface area contributed by atoms with Gasteiger partial charge in [0, 0.05) is 25.2 Å². The first-order valence-electron chi connectivity index (χ1n) is 7.53. The number of ether oxygens (including phenoxy) is 1. The van der Waals surface area contributed by atoms with E-state index in [9.17, 15) is 4.39 Å². The van der Waals surface area contributed by atoms with Gasteiger partial charge < -0.3 is 15.4 Å². The van der Waals surface area contributed by atoms with Crippen LogP contribution in [0.4, 0.5) is 10.1 Å². The highest BCUT2D eigenvalue weighted by atomic mass is 19.1. The average molecular weight is 280 g/mol. The highest BCUT2D eigenvalue weighted by molar-refractivity contribution is 5.59. The van der Waals surface area contributed by atoms with E-state index in [1.54, 1.807) is 12.1 Å². The lowest BCUT2D eigenvalue weighted by molar-refractivity contribution is 0.256. The first-order chi connectivity index (χ1) is 9.60. The van der Waals surface area contributed by atoms with Crippen molar-refractivity contribution in [2.45, 2.75) is 39.2 Å². The fourth-order valence-electron chi connectivity index (χ4n) is 2.44. The fourth-order valence-corrected chi connectivity index (χ4v) is 2.44. The minimum absolute atomic E-state index is 0.162. The van der Waals surface area contributed by atoms with Crippen LogP contribution in [0.25, 0.3) is 0 Å². The lowest BCUT2D eigenvalue weighted by Crippen LogP contribution is -2.43. The molecule has 0 aliphatic carbocycles. The number of hydrogen-bond donors (Lipinski definition) is 1. The molecule has 1 aliphatic rings. The summed E-state index contributed by atoms with van der Waals surface area (Å²) in [5, 5.41) is 0. The van der Waals surface area contributed by atoms with Gasteiger partial charge in [0.1, 0.15) is 11.6 Å². The molecule has 0 aromatic heterocycles. The lowest BCUT2D eigenvalue weighted by atomic mass is 10.1. The summed E-state index contributed by atoms with van der Waals surface area (Å²) < 4.78 is 19.4. The molecule has 2 unspecified atom stereocenters. The van der Waals surface area contributed by atoms with E-state index in [2.05, 4.69) is 18.7 Å². The maximum Gasteiger partial charge on any atom is 0.142 e. The van der Waals surface area contributed by atoms with Gasteiger partial charge in [-0.25, -0.2) is 4.39 Å². The molecule has 1 saturated heterocycles. The van der Waals surface area contributed by atoms with E-state index in [-0.39, 0.29) is 11.9 Å². The third-order valence-electron chi connectivity index (χ3n) is 3.94. The third kappa shape index (κ3) is 3.85. The van der Waals surface area contributed by atoms with E-state index < -0.39 is 0 Å². The number of halogens is 1. The molecule has 0 saturated carbocycles. The molecule has 0 bridgehead atoms. The molecule has 1 aromatic rings. The number of hydrogen-bond acceptors (Lipinski definition) is 3.